The van der Waals surface area contributed by atoms with E-state index >= 15 is 0 Å². The molecule has 4 amide bonds. The third-order valence-electron chi connectivity index (χ3n) is 2.41. The fourth-order valence-electron chi connectivity index (χ4n) is 1.42. The molecule has 1 atom stereocenters. The van der Waals surface area contributed by atoms with Crippen LogP contribution in [0.3, 0.4) is 0 Å². The van der Waals surface area contributed by atoms with Crippen molar-refractivity contribution in [2.45, 2.75) is 6.04 Å². The van der Waals surface area contributed by atoms with Gasteiger partial charge in [0, 0.05) is 13.6 Å². The van der Waals surface area contributed by atoms with Gasteiger partial charge in [-0.15, -0.1) is 0 Å². The zero-order valence-electron chi connectivity index (χ0n) is 9.73. The Labute approximate surface area is 103 Å². The number of carbonyl (C=O) groups excluding carboxylic acids is 3. The first-order chi connectivity index (χ1) is 8.45. The molecule has 18 heavy (non-hydrogen) atoms. The topological polar surface area (TPSA) is 128 Å². The van der Waals surface area contributed by atoms with Crippen LogP contribution in [0.2, 0.25) is 0 Å². The van der Waals surface area contributed by atoms with E-state index in [2.05, 4.69) is 16.0 Å². The molecule has 1 aliphatic heterocycles. The maximum atomic E-state index is 11.7. The molecule has 1 unspecified atom stereocenters. The summed E-state index contributed by atoms with van der Waals surface area (Å²) < 4.78 is 0. The van der Waals surface area contributed by atoms with Gasteiger partial charge in [-0.2, -0.15) is 0 Å². The average Bonchev–Trinajstić information content (AvgIpc) is 2.34. The van der Waals surface area contributed by atoms with E-state index in [1.807, 2.05) is 0 Å². The van der Waals surface area contributed by atoms with Crippen molar-refractivity contribution in [2.75, 3.05) is 26.7 Å². The summed E-state index contributed by atoms with van der Waals surface area (Å²) in [6.45, 7) is -0.780. The maximum absolute atomic E-state index is 11.7. The van der Waals surface area contributed by atoms with Crippen molar-refractivity contribution in [1.82, 2.24) is 20.9 Å². The van der Waals surface area contributed by atoms with Gasteiger partial charge in [0.2, 0.25) is 11.8 Å². The minimum Gasteiger partial charge on any atom is -0.480 e. The summed E-state index contributed by atoms with van der Waals surface area (Å²) >= 11 is 0. The van der Waals surface area contributed by atoms with E-state index in [4.69, 9.17) is 5.11 Å². The van der Waals surface area contributed by atoms with Crippen molar-refractivity contribution < 1.29 is 24.3 Å². The molecular weight excluding hydrogens is 244 g/mol. The fourth-order valence-corrected chi connectivity index (χ4v) is 1.42. The van der Waals surface area contributed by atoms with Crippen molar-refractivity contribution in [3.8, 4) is 0 Å². The first kappa shape index (κ1) is 13.7. The number of nitrogens with zero attached hydrogens (tertiary/aromatic N) is 1. The molecule has 0 saturated carbocycles. The van der Waals surface area contributed by atoms with Gasteiger partial charge < -0.3 is 21.1 Å². The Morgan fingerprint density at radius 1 is 1.50 bits per heavy atom. The second kappa shape index (κ2) is 5.84. The van der Waals surface area contributed by atoms with Crippen LogP contribution in [0, 0.1) is 0 Å². The first-order valence-electron chi connectivity index (χ1n) is 5.20. The summed E-state index contributed by atoms with van der Waals surface area (Å²) in [6, 6.07) is -1.90. The number of amides is 4. The molecule has 0 aliphatic carbocycles. The number of urea groups is 1. The predicted molar refractivity (Wildman–Crippen MR) is 58.6 cm³/mol. The smallest absolute Gasteiger partial charge is 0.328 e. The van der Waals surface area contributed by atoms with Crippen LogP contribution < -0.4 is 16.0 Å². The summed E-state index contributed by atoms with van der Waals surface area (Å²) in [6.07, 6.45) is 0. The molecule has 0 aromatic rings. The normalized spacial score (nSPS) is 18.8. The largest absolute Gasteiger partial charge is 0.480 e. The number of likely N-dealkylation sites (N-methyl/N-ethyl adjacent to an activating group) is 1. The van der Waals surface area contributed by atoms with Crippen molar-refractivity contribution in [3.63, 3.8) is 0 Å². The number of nitrogens with one attached hydrogen (secondary N) is 3. The van der Waals surface area contributed by atoms with E-state index < -0.39 is 29.9 Å². The lowest BCUT2D eigenvalue weighted by atomic mass is 10.2. The Morgan fingerprint density at radius 2 is 2.17 bits per heavy atom. The van der Waals surface area contributed by atoms with Gasteiger partial charge in [0.05, 0.1) is 6.54 Å². The highest BCUT2D eigenvalue weighted by Gasteiger charge is 2.35. The molecule has 1 fully saturated rings. The maximum Gasteiger partial charge on any atom is 0.328 e. The van der Waals surface area contributed by atoms with Gasteiger partial charge in [0.15, 0.2) is 0 Å². The van der Waals surface area contributed by atoms with Crippen LogP contribution in [-0.4, -0.2) is 66.5 Å². The predicted octanol–water partition coefficient (Wildman–Crippen LogP) is -2.67. The third-order valence-corrected chi connectivity index (χ3v) is 2.41. The van der Waals surface area contributed by atoms with Crippen molar-refractivity contribution in [3.05, 3.63) is 0 Å². The summed E-state index contributed by atoms with van der Waals surface area (Å²) in [5.41, 5.74) is 0. The molecule has 0 bridgehead atoms. The highest BCUT2D eigenvalue weighted by molar-refractivity contribution is 5.91. The van der Waals surface area contributed by atoms with Crippen LogP contribution in [0.5, 0.6) is 0 Å². The Kier molecular flexibility index (Phi) is 4.46. The molecule has 1 heterocycles. The average molecular weight is 258 g/mol. The van der Waals surface area contributed by atoms with Crippen LogP contribution in [0.4, 0.5) is 4.79 Å². The number of carboxylic acids is 1. The highest BCUT2D eigenvalue weighted by atomic mass is 16.4. The fraction of sp³-hybridized carbons (Fsp3) is 0.556. The quantitative estimate of drug-likeness (QED) is 0.439. The number of hydrogen-bond donors (Lipinski definition) is 4. The van der Waals surface area contributed by atoms with Gasteiger partial charge in [0.25, 0.3) is 0 Å². The molecular formula is C9H14N4O5. The molecule has 0 aromatic carbocycles. The zero-order valence-corrected chi connectivity index (χ0v) is 9.73. The SMILES string of the molecule is CNC(=O)CNC(=O)N1CC(=O)NCC1C(=O)O. The van der Waals surface area contributed by atoms with Gasteiger partial charge >= 0.3 is 12.0 Å². The summed E-state index contributed by atoms with van der Waals surface area (Å²) in [5.74, 6) is -2.08. The number of carboxylic acid groups (broad SMARTS) is 1. The Morgan fingerprint density at radius 3 is 2.72 bits per heavy atom. The van der Waals surface area contributed by atoms with Crippen LogP contribution in [-0.2, 0) is 14.4 Å². The van der Waals surface area contributed by atoms with E-state index in [1.165, 1.54) is 7.05 Å². The highest BCUT2D eigenvalue weighted by Crippen LogP contribution is 2.04. The van der Waals surface area contributed by atoms with Crippen LogP contribution in [0.1, 0.15) is 0 Å². The van der Waals surface area contributed by atoms with Gasteiger partial charge in [0.1, 0.15) is 12.6 Å². The minimum atomic E-state index is -1.22. The second-order valence-corrected chi connectivity index (χ2v) is 3.62. The van der Waals surface area contributed by atoms with Crippen LogP contribution >= 0.6 is 0 Å². The number of hydrogen-bond acceptors (Lipinski definition) is 4. The number of piperazine rings is 1. The molecule has 9 heteroatoms. The second-order valence-electron chi connectivity index (χ2n) is 3.62. The summed E-state index contributed by atoms with van der Waals surface area (Å²) in [5, 5.41) is 15.8. The van der Waals surface area contributed by atoms with Gasteiger partial charge in [-0.1, -0.05) is 0 Å². The van der Waals surface area contributed by atoms with E-state index in [0.29, 0.717) is 0 Å². The Hall–Kier alpha value is -2.32. The molecule has 0 spiro atoms. The van der Waals surface area contributed by atoms with Crippen LogP contribution in [0.25, 0.3) is 0 Å². The van der Waals surface area contributed by atoms with E-state index in [9.17, 15) is 19.2 Å². The number of aliphatic carboxylic acids is 1. The molecule has 0 radical (unpaired) electrons. The lowest BCUT2D eigenvalue weighted by Crippen LogP contribution is -2.61. The Balaban J connectivity index is 2.64. The van der Waals surface area contributed by atoms with Crippen molar-refractivity contribution >= 4 is 23.8 Å². The van der Waals surface area contributed by atoms with Crippen LogP contribution in [0.15, 0.2) is 0 Å². The molecule has 100 valence electrons. The van der Waals surface area contributed by atoms with E-state index in [-0.39, 0.29) is 19.6 Å². The lowest BCUT2D eigenvalue weighted by molar-refractivity contribution is -0.144. The molecule has 0 aromatic heterocycles. The number of carbonyl (C=O) groups is 4. The van der Waals surface area contributed by atoms with Gasteiger partial charge in [-0.05, 0) is 0 Å². The Bertz CT molecular complexity index is 383. The standard InChI is InChI=1S/C9H14N4O5/c1-10-6(14)3-12-9(18)13-4-7(15)11-2-5(13)8(16)17/h5H,2-4H2,1H3,(H,10,14)(H,11,15)(H,12,18)(H,16,17). The summed E-state index contributed by atoms with van der Waals surface area (Å²) in [7, 11) is 1.41. The monoisotopic (exact) mass is 258 g/mol. The zero-order chi connectivity index (χ0) is 13.7. The van der Waals surface area contributed by atoms with E-state index in [1.54, 1.807) is 0 Å². The van der Waals surface area contributed by atoms with Crippen molar-refractivity contribution in [2.24, 2.45) is 0 Å². The molecule has 1 saturated heterocycles. The third kappa shape index (κ3) is 3.34. The van der Waals surface area contributed by atoms with E-state index in [0.717, 1.165) is 4.90 Å². The first-order valence-corrected chi connectivity index (χ1v) is 5.20. The van der Waals surface area contributed by atoms with Crippen molar-refractivity contribution in [1.29, 1.82) is 0 Å². The number of rotatable bonds is 3. The lowest BCUT2D eigenvalue weighted by Gasteiger charge is -2.32. The molecule has 1 aliphatic rings. The summed E-state index contributed by atoms with van der Waals surface area (Å²) in [4.78, 5) is 45.5. The molecule has 9 nitrogen and oxygen atoms in total. The van der Waals surface area contributed by atoms with Gasteiger partial charge in [-0.3, -0.25) is 14.5 Å². The molecule has 1 rings (SSSR count). The minimum absolute atomic E-state index is 0.151. The van der Waals surface area contributed by atoms with Gasteiger partial charge in [-0.25, -0.2) is 9.59 Å². The molecule has 4 N–H and O–H groups in total.